The molecule has 0 spiro atoms. The van der Waals surface area contributed by atoms with Crippen LogP contribution in [0, 0.1) is 6.92 Å². The first kappa shape index (κ1) is 13.4. The van der Waals surface area contributed by atoms with Crippen molar-refractivity contribution in [1.29, 1.82) is 0 Å². The fourth-order valence-electron chi connectivity index (χ4n) is 2.08. The normalized spacial score (nSPS) is 19.2. The molecule has 1 nitrogen and oxygen atoms in total. The second kappa shape index (κ2) is 5.44. The third-order valence-electron chi connectivity index (χ3n) is 3.02. The lowest BCUT2D eigenvalue weighted by Crippen LogP contribution is -2.25. The Balaban J connectivity index is 1.96. The molecule has 1 aromatic heterocycles. The first-order chi connectivity index (χ1) is 9.15. The number of aryl methyl sites for hydroxylation is 1. The highest BCUT2D eigenvalue weighted by molar-refractivity contribution is 8.02. The summed E-state index contributed by atoms with van der Waals surface area (Å²) in [5, 5.41) is 0.257. The second-order valence-electron chi connectivity index (χ2n) is 4.40. The van der Waals surface area contributed by atoms with E-state index in [1.54, 1.807) is 11.3 Å². The average molecular weight is 326 g/mol. The van der Waals surface area contributed by atoms with Crippen molar-refractivity contribution in [1.82, 2.24) is 0 Å². The van der Waals surface area contributed by atoms with Crippen LogP contribution >= 0.6 is 46.9 Å². The Morgan fingerprint density at radius 3 is 2.58 bits per heavy atom. The third-order valence-corrected chi connectivity index (χ3v) is 6.19. The zero-order valence-electron chi connectivity index (χ0n) is 10.3. The minimum Gasteiger partial charge on any atom is -0.318 e. The van der Waals surface area contributed by atoms with Gasteiger partial charge in [0.25, 0.3) is 0 Å². The first-order valence-electron chi connectivity index (χ1n) is 5.91. The van der Waals surface area contributed by atoms with Crippen molar-refractivity contribution in [3.63, 3.8) is 0 Å². The molecule has 19 heavy (non-hydrogen) atoms. The molecule has 1 saturated heterocycles. The number of thioether (sulfide) groups is 1. The Hall–Kier alpha value is -0.550. The molecule has 1 fully saturated rings. The van der Waals surface area contributed by atoms with Gasteiger partial charge in [-0.15, -0.1) is 23.1 Å². The van der Waals surface area contributed by atoms with Crippen LogP contribution in [0.25, 0.3) is 0 Å². The summed E-state index contributed by atoms with van der Waals surface area (Å²) in [6.07, 6.45) is 0. The largest absolute Gasteiger partial charge is 0.318 e. The van der Waals surface area contributed by atoms with Crippen LogP contribution in [-0.2, 0) is 0 Å². The fourth-order valence-corrected chi connectivity index (χ4v) is 5.02. The smallest absolute Gasteiger partial charge is 0.115 e. The summed E-state index contributed by atoms with van der Waals surface area (Å²) in [6, 6.07) is 12.6. The quantitative estimate of drug-likeness (QED) is 0.691. The lowest BCUT2D eigenvalue weighted by molar-refractivity contribution is 1.03. The van der Waals surface area contributed by atoms with Crippen LogP contribution < -0.4 is 4.90 Å². The van der Waals surface area contributed by atoms with Gasteiger partial charge in [-0.25, -0.2) is 0 Å². The number of benzene rings is 1. The molecule has 0 amide bonds. The van der Waals surface area contributed by atoms with Gasteiger partial charge in [-0.05, 0) is 31.2 Å². The number of thiocarbonyl (C=S) groups is 1. The maximum Gasteiger partial charge on any atom is 0.115 e. The van der Waals surface area contributed by atoms with Crippen LogP contribution in [-0.4, -0.2) is 10.7 Å². The van der Waals surface area contributed by atoms with E-state index in [0.29, 0.717) is 0 Å². The highest BCUT2D eigenvalue weighted by Crippen LogP contribution is 2.45. The first-order valence-corrected chi connectivity index (χ1v) is 8.56. The maximum atomic E-state index is 6.05. The molecule has 1 aromatic carbocycles. The van der Waals surface area contributed by atoms with Gasteiger partial charge in [0, 0.05) is 16.3 Å². The summed E-state index contributed by atoms with van der Waals surface area (Å²) in [7, 11) is 0. The second-order valence-corrected chi connectivity index (χ2v) is 7.69. The highest BCUT2D eigenvalue weighted by atomic mass is 35.5. The summed E-state index contributed by atoms with van der Waals surface area (Å²) < 4.78 is 0.831. The monoisotopic (exact) mass is 325 g/mol. The Bertz CT molecular complexity index is 605. The van der Waals surface area contributed by atoms with E-state index in [0.717, 1.165) is 20.8 Å². The number of rotatable bonds is 2. The molecule has 1 unspecified atom stereocenters. The van der Waals surface area contributed by atoms with E-state index in [9.17, 15) is 0 Å². The molecule has 0 radical (unpaired) electrons. The van der Waals surface area contributed by atoms with Gasteiger partial charge in [0.15, 0.2) is 0 Å². The van der Waals surface area contributed by atoms with E-state index < -0.39 is 0 Å². The molecular formula is C14H12ClNS3. The minimum atomic E-state index is 0.257. The SMILES string of the molecule is Cc1ccc(N2C(=S)CSC2c2ccc(Cl)s2)cc1. The molecule has 98 valence electrons. The van der Waals surface area contributed by atoms with Crippen LogP contribution in [0.1, 0.15) is 15.8 Å². The molecule has 1 atom stereocenters. The van der Waals surface area contributed by atoms with Crippen molar-refractivity contribution < 1.29 is 0 Å². The van der Waals surface area contributed by atoms with Gasteiger partial charge >= 0.3 is 0 Å². The number of anilines is 1. The van der Waals surface area contributed by atoms with E-state index in [4.69, 9.17) is 23.8 Å². The van der Waals surface area contributed by atoms with Gasteiger partial charge in [0.2, 0.25) is 0 Å². The van der Waals surface area contributed by atoms with Crippen LogP contribution in [0.5, 0.6) is 0 Å². The Kier molecular flexibility index (Phi) is 3.85. The molecule has 0 saturated carbocycles. The number of nitrogens with zero attached hydrogens (tertiary/aromatic N) is 1. The van der Waals surface area contributed by atoms with Gasteiger partial charge in [-0.3, -0.25) is 0 Å². The molecular weight excluding hydrogens is 314 g/mol. The zero-order valence-corrected chi connectivity index (χ0v) is 13.5. The van der Waals surface area contributed by atoms with Crippen molar-refractivity contribution in [3.05, 3.63) is 51.2 Å². The molecule has 2 heterocycles. The number of halogens is 1. The Morgan fingerprint density at radius 2 is 1.95 bits per heavy atom. The Labute approximate surface area is 131 Å². The van der Waals surface area contributed by atoms with Gasteiger partial charge in [0.05, 0.1) is 9.32 Å². The summed E-state index contributed by atoms with van der Waals surface area (Å²) in [4.78, 5) is 4.49. The van der Waals surface area contributed by atoms with Crippen LogP contribution in [0.15, 0.2) is 36.4 Å². The van der Waals surface area contributed by atoms with Crippen LogP contribution in [0.3, 0.4) is 0 Å². The van der Waals surface area contributed by atoms with E-state index >= 15 is 0 Å². The van der Waals surface area contributed by atoms with Crippen molar-refractivity contribution in [2.24, 2.45) is 0 Å². The molecule has 0 bridgehead atoms. The Morgan fingerprint density at radius 1 is 1.21 bits per heavy atom. The average Bonchev–Trinajstić information content (AvgIpc) is 2.97. The third kappa shape index (κ3) is 2.68. The predicted molar refractivity (Wildman–Crippen MR) is 90.8 cm³/mol. The predicted octanol–water partition coefficient (Wildman–Crippen LogP) is 5.29. The molecule has 3 rings (SSSR count). The fraction of sp³-hybridized carbons (Fsp3) is 0.214. The van der Waals surface area contributed by atoms with Gasteiger partial charge in [0.1, 0.15) is 5.37 Å². The molecule has 2 aromatic rings. The number of hydrogen-bond donors (Lipinski definition) is 0. The molecule has 0 N–H and O–H groups in total. The standard InChI is InChI=1S/C14H12ClNS3/c1-9-2-4-10(5-3-9)16-13(17)8-18-14(16)11-6-7-12(15)19-11/h2-7,14H,8H2,1H3. The minimum absolute atomic E-state index is 0.257. The van der Waals surface area contributed by atoms with E-state index in [2.05, 4.69) is 42.2 Å². The zero-order chi connectivity index (χ0) is 13.4. The van der Waals surface area contributed by atoms with Crippen LogP contribution in [0.2, 0.25) is 4.34 Å². The molecule has 5 heteroatoms. The maximum absolute atomic E-state index is 6.05. The lowest BCUT2D eigenvalue weighted by atomic mass is 10.2. The summed E-state index contributed by atoms with van der Waals surface area (Å²) in [5.74, 6) is 0.892. The van der Waals surface area contributed by atoms with Gasteiger partial charge in [-0.2, -0.15) is 0 Å². The van der Waals surface area contributed by atoms with Crippen LogP contribution in [0.4, 0.5) is 5.69 Å². The van der Waals surface area contributed by atoms with Crippen molar-refractivity contribution in [2.75, 3.05) is 10.7 Å². The van der Waals surface area contributed by atoms with Crippen molar-refractivity contribution in [3.8, 4) is 0 Å². The van der Waals surface area contributed by atoms with Gasteiger partial charge in [-0.1, -0.05) is 41.5 Å². The lowest BCUT2D eigenvalue weighted by Gasteiger charge is -2.25. The molecule has 1 aliphatic rings. The highest BCUT2D eigenvalue weighted by Gasteiger charge is 2.32. The molecule has 1 aliphatic heterocycles. The summed E-state index contributed by atoms with van der Waals surface area (Å²) in [6.45, 7) is 2.09. The summed E-state index contributed by atoms with van der Waals surface area (Å²) >= 11 is 15.1. The number of hydrogen-bond acceptors (Lipinski definition) is 3. The van der Waals surface area contributed by atoms with E-state index in [1.807, 2.05) is 17.8 Å². The topological polar surface area (TPSA) is 3.24 Å². The molecule has 0 aliphatic carbocycles. The number of thiophene rings is 1. The van der Waals surface area contributed by atoms with Gasteiger partial charge < -0.3 is 4.90 Å². The van der Waals surface area contributed by atoms with E-state index in [-0.39, 0.29) is 5.37 Å². The van der Waals surface area contributed by atoms with Crippen molar-refractivity contribution >= 4 is 57.6 Å². The van der Waals surface area contributed by atoms with Crippen molar-refractivity contribution in [2.45, 2.75) is 12.3 Å². The summed E-state index contributed by atoms with van der Waals surface area (Å²) in [5.41, 5.74) is 2.42. The van der Waals surface area contributed by atoms with E-state index in [1.165, 1.54) is 10.4 Å².